The number of hydrogen-bond donors (Lipinski definition) is 0. The smallest absolute Gasteiger partial charge is 0.434 e. The first-order valence-corrected chi connectivity index (χ1v) is 14.2. The van der Waals surface area contributed by atoms with E-state index in [1.807, 2.05) is 6.07 Å². The summed E-state index contributed by atoms with van der Waals surface area (Å²) in [5, 5.41) is 0.888. The van der Waals surface area contributed by atoms with E-state index in [1.54, 1.807) is 42.5 Å². The van der Waals surface area contributed by atoms with Gasteiger partial charge in [0.05, 0.1) is 22.8 Å². The van der Waals surface area contributed by atoms with E-state index in [4.69, 9.17) is 32.7 Å². The topological polar surface area (TPSA) is 69.9 Å². The molecule has 42 heavy (non-hydrogen) atoms. The molecule has 0 saturated heterocycles. The Morgan fingerprint density at radius 3 is 2.48 bits per heavy atom. The van der Waals surface area contributed by atoms with Crippen molar-refractivity contribution in [3.8, 4) is 5.75 Å². The van der Waals surface area contributed by atoms with Gasteiger partial charge in [-0.15, -0.1) is 0 Å². The molecule has 0 N–H and O–H groups in total. The quantitative estimate of drug-likeness (QED) is 0.227. The van der Waals surface area contributed by atoms with Crippen LogP contribution < -0.4 is 19.6 Å². The van der Waals surface area contributed by atoms with Crippen molar-refractivity contribution in [2.45, 2.75) is 25.7 Å². The maximum atomic E-state index is 14.3. The molecule has 0 saturated carbocycles. The highest BCUT2D eigenvalue weighted by molar-refractivity contribution is 7.07. The Hall–Kier alpha value is -3.86. The first-order chi connectivity index (χ1) is 20.1. The zero-order valence-corrected chi connectivity index (χ0v) is 24.2. The number of rotatable bonds is 7. The van der Waals surface area contributed by atoms with Crippen molar-refractivity contribution in [2.75, 3.05) is 6.61 Å². The standard InChI is InChI=1S/C30H21Cl2F3N2O4S/c1-2-40-28(39)24-25(18-10-12-20(31)13-11-18)37-27(38)23(42-29(37)36-26(24)30(33,34)35)15-19-7-3-4-9-22(19)41-16-17-6-5-8-21(32)14-17/h3-15,25H,2,16H2,1H3/b23-15-/t25-/m0/s1. The lowest BCUT2D eigenvalue weighted by Gasteiger charge is -2.26. The molecule has 1 atom stereocenters. The van der Waals surface area contributed by atoms with Gasteiger partial charge in [0.2, 0.25) is 0 Å². The lowest BCUT2D eigenvalue weighted by Crippen LogP contribution is -2.41. The normalized spacial score (nSPS) is 15.3. The van der Waals surface area contributed by atoms with Crippen molar-refractivity contribution in [1.29, 1.82) is 0 Å². The molecule has 216 valence electrons. The average molecular weight is 633 g/mol. The van der Waals surface area contributed by atoms with Crippen molar-refractivity contribution >= 4 is 46.6 Å². The summed E-state index contributed by atoms with van der Waals surface area (Å²) in [7, 11) is 0. The minimum atomic E-state index is -5.00. The molecular formula is C30H21Cl2F3N2O4S. The van der Waals surface area contributed by atoms with Crippen molar-refractivity contribution in [1.82, 2.24) is 4.57 Å². The van der Waals surface area contributed by atoms with Crippen LogP contribution in [0.25, 0.3) is 6.08 Å². The number of alkyl halides is 3. The zero-order valence-electron chi connectivity index (χ0n) is 21.8. The van der Waals surface area contributed by atoms with E-state index in [2.05, 4.69) is 4.99 Å². The van der Waals surface area contributed by atoms with Gasteiger partial charge in [0.15, 0.2) is 10.5 Å². The molecule has 6 nitrogen and oxygen atoms in total. The highest BCUT2D eigenvalue weighted by atomic mass is 35.5. The second-order valence-electron chi connectivity index (χ2n) is 9.07. The molecule has 1 aliphatic heterocycles. The Kier molecular flexibility index (Phi) is 8.58. The summed E-state index contributed by atoms with van der Waals surface area (Å²) in [6.07, 6.45) is -3.47. The molecule has 0 spiro atoms. The number of para-hydroxylation sites is 1. The first kappa shape index (κ1) is 29.6. The van der Waals surface area contributed by atoms with Crippen molar-refractivity contribution in [3.63, 3.8) is 0 Å². The van der Waals surface area contributed by atoms with E-state index < -0.39 is 35.0 Å². The van der Waals surface area contributed by atoms with Crippen LogP contribution in [0.2, 0.25) is 10.0 Å². The largest absolute Gasteiger partial charge is 0.488 e. The molecule has 2 heterocycles. The average Bonchev–Trinajstić information content (AvgIpc) is 3.26. The molecule has 5 rings (SSSR count). The number of thiazole rings is 1. The molecular weight excluding hydrogens is 612 g/mol. The van der Waals surface area contributed by atoms with Gasteiger partial charge in [-0.2, -0.15) is 13.2 Å². The van der Waals surface area contributed by atoms with Crippen LogP contribution in [0.15, 0.2) is 93.9 Å². The van der Waals surface area contributed by atoms with E-state index >= 15 is 0 Å². The molecule has 0 aliphatic carbocycles. The maximum Gasteiger partial charge on any atom is 0.434 e. The summed E-state index contributed by atoms with van der Waals surface area (Å²) in [6, 6.07) is 18.5. The summed E-state index contributed by atoms with van der Waals surface area (Å²) < 4.78 is 55.1. The third-order valence-corrected chi connectivity index (χ3v) is 7.74. The van der Waals surface area contributed by atoms with Gasteiger partial charge in [-0.1, -0.05) is 77.0 Å². The summed E-state index contributed by atoms with van der Waals surface area (Å²) in [6.45, 7) is 1.50. The molecule has 0 unspecified atom stereocenters. The highest BCUT2D eigenvalue weighted by Crippen LogP contribution is 2.38. The second-order valence-corrected chi connectivity index (χ2v) is 11.0. The summed E-state index contributed by atoms with van der Waals surface area (Å²) >= 11 is 12.9. The molecule has 0 fully saturated rings. The van der Waals surface area contributed by atoms with Crippen LogP contribution in [-0.4, -0.2) is 23.3 Å². The predicted molar refractivity (Wildman–Crippen MR) is 154 cm³/mol. The zero-order chi connectivity index (χ0) is 30.0. The third kappa shape index (κ3) is 6.16. The fourth-order valence-electron chi connectivity index (χ4n) is 4.46. The van der Waals surface area contributed by atoms with E-state index in [0.29, 0.717) is 21.4 Å². The van der Waals surface area contributed by atoms with Gasteiger partial charge in [0.25, 0.3) is 5.56 Å². The lowest BCUT2D eigenvalue weighted by atomic mass is 9.95. The molecule has 3 aromatic carbocycles. The number of benzene rings is 3. The van der Waals surface area contributed by atoms with E-state index in [0.717, 1.165) is 21.5 Å². The fraction of sp³-hybridized carbons (Fsp3) is 0.167. The van der Waals surface area contributed by atoms with E-state index in [-0.39, 0.29) is 28.1 Å². The van der Waals surface area contributed by atoms with E-state index in [9.17, 15) is 22.8 Å². The Morgan fingerprint density at radius 2 is 1.79 bits per heavy atom. The van der Waals surface area contributed by atoms with Crippen LogP contribution in [0.1, 0.15) is 29.7 Å². The van der Waals surface area contributed by atoms with Crippen LogP contribution in [0.3, 0.4) is 0 Å². The Labute approximate surface area is 251 Å². The van der Waals surface area contributed by atoms with Gasteiger partial charge in [0.1, 0.15) is 12.4 Å². The molecule has 0 amide bonds. The number of aromatic nitrogens is 1. The van der Waals surface area contributed by atoms with Gasteiger partial charge < -0.3 is 9.47 Å². The first-order valence-electron chi connectivity index (χ1n) is 12.6. The van der Waals surface area contributed by atoms with Crippen molar-refractivity contribution < 1.29 is 27.4 Å². The summed E-state index contributed by atoms with van der Waals surface area (Å²) in [4.78, 5) is 30.3. The minimum Gasteiger partial charge on any atom is -0.488 e. The number of carbonyl (C=O) groups excluding carboxylic acids is 1. The van der Waals surface area contributed by atoms with Crippen LogP contribution in [0, 0.1) is 0 Å². The molecule has 12 heteroatoms. The maximum absolute atomic E-state index is 14.3. The van der Waals surface area contributed by atoms with Gasteiger partial charge in [-0.3, -0.25) is 9.36 Å². The SMILES string of the molecule is CCOC(=O)C1=C(C(F)(F)F)N=c2s/c(=C\c3ccccc3OCc3cccc(Cl)c3)c(=O)n2[C@H]1c1ccc(Cl)cc1. The number of ether oxygens (including phenoxy) is 2. The fourth-order valence-corrected chi connectivity index (χ4v) is 5.79. The van der Waals surface area contributed by atoms with Gasteiger partial charge in [-0.25, -0.2) is 9.79 Å². The molecule has 0 radical (unpaired) electrons. The van der Waals surface area contributed by atoms with E-state index in [1.165, 1.54) is 37.3 Å². The van der Waals surface area contributed by atoms with Gasteiger partial charge in [0, 0.05) is 15.6 Å². The number of hydrogen-bond acceptors (Lipinski definition) is 6. The third-order valence-electron chi connectivity index (χ3n) is 6.27. The number of halogens is 5. The molecule has 1 aromatic heterocycles. The second kappa shape index (κ2) is 12.2. The number of carbonyl (C=O) groups is 1. The number of nitrogens with zero attached hydrogens (tertiary/aromatic N) is 2. The highest BCUT2D eigenvalue weighted by Gasteiger charge is 2.45. The Balaban J connectivity index is 1.67. The Morgan fingerprint density at radius 1 is 1.05 bits per heavy atom. The van der Waals surface area contributed by atoms with Crippen LogP contribution in [-0.2, 0) is 16.1 Å². The van der Waals surface area contributed by atoms with Crippen LogP contribution in [0.5, 0.6) is 5.75 Å². The van der Waals surface area contributed by atoms with Gasteiger partial charge >= 0.3 is 12.1 Å². The lowest BCUT2D eigenvalue weighted by molar-refractivity contribution is -0.140. The number of esters is 1. The number of fused-ring (bicyclic) bond motifs is 1. The number of allylic oxidation sites excluding steroid dienone is 1. The Bertz CT molecular complexity index is 1860. The predicted octanol–water partition coefficient (Wildman–Crippen LogP) is 6.23. The van der Waals surface area contributed by atoms with Gasteiger partial charge in [-0.05, 0) is 54.5 Å². The monoisotopic (exact) mass is 632 g/mol. The van der Waals surface area contributed by atoms with Crippen LogP contribution >= 0.6 is 34.5 Å². The summed E-state index contributed by atoms with van der Waals surface area (Å²) in [5.74, 6) is -0.775. The minimum absolute atomic E-state index is 0.0955. The van der Waals surface area contributed by atoms with Crippen LogP contribution in [0.4, 0.5) is 13.2 Å². The molecule has 0 bridgehead atoms. The van der Waals surface area contributed by atoms with Crippen molar-refractivity contribution in [3.05, 3.63) is 130 Å². The summed E-state index contributed by atoms with van der Waals surface area (Å²) in [5.41, 5.74) is -1.25. The molecule has 1 aliphatic rings. The van der Waals surface area contributed by atoms with Crippen molar-refractivity contribution in [2.24, 2.45) is 4.99 Å². The molecule has 4 aromatic rings.